The van der Waals surface area contributed by atoms with Crippen molar-refractivity contribution in [3.05, 3.63) is 93.2 Å². The molecule has 1 unspecified atom stereocenters. The first-order valence-corrected chi connectivity index (χ1v) is 9.55. The van der Waals surface area contributed by atoms with Gasteiger partial charge in [0.2, 0.25) is 0 Å². The number of rotatable bonds is 6. The second-order valence-corrected chi connectivity index (χ2v) is 6.98. The molecule has 1 atom stereocenters. The minimum absolute atomic E-state index is 0.159. The first kappa shape index (κ1) is 21.7. The number of halogens is 4. The predicted octanol–water partition coefficient (Wildman–Crippen LogP) is 5.16. The van der Waals surface area contributed by atoms with Gasteiger partial charge < -0.3 is 9.84 Å². The van der Waals surface area contributed by atoms with Gasteiger partial charge in [-0.2, -0.15) is 24.5 Å². The molecule has 2 heterocycles. The second-order valence-electron chi connectivity index (χ2n) is 6.20. The van der Waals surface area contributed by atoms with Gasteiger partial charge in [-0.05, 0) is 40.6 Å². The molecule has 0 amide bonds. The Bertz CT molecular complexity index is 1030. The van der Waals surface area contributed by atoms with E-state index in [0.717, 1.165) is 12.1 Å². The van der Waals surface area contributed by atoms with Gasteiger partial charge in [0, 0.05) is 23.5 Å². The molecule has 2 aromatic heterocycles. The summed E-state index contributed by atoms with van der Waals surface area (Å²) in [7, 11) is 0. The highest BCUT2D eigenvalue weighted by atomic mass is 32.1. The zero-order valence-corrected chi connectivity index (χ0v) is 16.1. The number of benzene rings is 1. The molecule has 30 heavy (non-hydrogen) atoms. The Morgan fingerprint density at radius 3 is 2.67 bits per heavy atom. The molecule has 0 saturated carbocycles. The Hall–Kier alpha value is -3.04. The number of aromatic nitrogens is 1. The standard InChI is InChI=1S/C21H15F4NO3S/c22-18-15(3-1-5-17(18)21(23,24)25)11-29-20(28)16(9-13-6-8-30-12-13)19(27)14-4-2-7-26-10-14/h1-10,12,19,27H,11H2. The summed E-state index contributed by atoms with van der Waals surface area (Å²) in [5.74, 6) is -2.50. The van der Waals surface area contributed by atoms with Crippen molar-refractivity contribution in [1.29, 1.82) is 0 Å². The number of esters is 1. The van der Waals surface area contributed by atoms with E-state index in [1.165, 1.54) is 29.8 Å². The van der Waals surface area contributed by atoms with Crippen LogP contribution < -0.4 is 0 Å². The van der Waals surface area contributed by atoms with E-state index < -0.39 is 41.8 Å². The van der Waals surface area contributed by atoms with Gasteiger partial charge in [0.05, 0.1) is 11.1 Å². The van der Waals surface area contributed by atoms with Crippen LogP contribution in [-0.2, 0) is 22.3 Å². The van der Waals surface area contributed by atoms with E-state index >= 15 is 0 Å². The van der Waals surface area contributed by atoms with Crippen molar-refractivity contribution >= 4 is 23.4 Å². The zero-order valence-electron chi connectivity index (χ0n) is 15.3. The van der Waals surface area contributed by atoms with Crippen molar-refractivity contribution < 1.29 is 32.2 Å². The number of ether oxygens (including phenoxy) is 1. The summed E-state index contributed by atoms with van der Waals surface area (Å²) in [6.07, 6.45) is -2.00. The van der Waals surface area contributed by atoms with Gasteiger partial charge in [0.25, 0.3) is 0 Å². The lowest BCUT2D eigenvalue weighted by Gasteiger charge is -2.16. The van der Waals surface area contributed by atoms with Crippen molar-refractivity contribution in [2.24, 2.45) is 0 Å². The summed E-state index contributed by atoms with van der Waals surface area (Å²) >= 11 is 1.37. The van der Waals surface area contributed by atoms with E-state index in [1.54, 1.807) is 29.0 Å². The number of alkyl halides is 3. The summed E-state index contributed by atoms with van der Waals surface area (Å²) in [6, 6.07) is 7.57. The molecule has 4 nitrogen and oxygen atoms in total. The number of carbonyl (C=O) groups is 1. The lowest BCUT2D eigenvalue weighted by atomic mass is 10.0. The number of aliphatic hydroxyl groups excluding tert-OH is 1. The maximum Gasteiger partial charge on any atom is 0.419 e. The Morgan fingerprint density at radius 2 is 2.03 bits per heavy atom. The average Bonchev–Trinajstić information content (AvgIpc) is 3.23. The topological polar surface area (TPSA) is 59.4 Å². The fraction of sp³-hybridized carbons (Fsp3) is 0.143. The van der Waals surface area contributed by atoms with Gasteiger partial charge in [-0.25, -0.2) is 9.18 Å². The van der Waals surface area contributed by atoms with Gasteiger partial charge in [-0.1, -0.05) is 18.2 Å². The van der Waals surface area contributed by atoms with Crippen molar-refractivity contribution in [3.8, 4) is 0 Å². The molecular weight excluding hydrogens is 422 g/mol. The molecule has 0 fully saturated rings. The van der Waals surface area contributed by atoms with Crippen LogP contribution in [0.25, 0.3) is 6.08 Å². The van der Waals surface area contributed by atoms with E-state index in [0.29, 0.717) is 17.2 Å². The van der Waals surface area contributed by atoms with Crippen LogP contribution in [0.2, 0.25) is 0 Å². The van der Waals surface area contributed by atoms with Crippen LogP contribution >= 0.6 is 11.3 Å². The first-order chi connectivity index (χ1) is 14.3. The van der Waals surface area contributed by atoms with Crippen molar-refractivity contribution in [3.63, 3.8) is 0 Å². The smallest absolute Gasteiger partial charge is 0.419 e. The van der Waals surface area contributed by atoms with E-state index in [2.05, 4.69) is 4.98 Å². The third kappa shape index (κ3) is 5.11. The van der Waals surface area contributed by atoms with Gasteiger partial charge >= 0.3 is 12.1 Å². The molecule has 3 aromatic rings. The van der Waals surface area contributed by atoms with E-state index in [1.807, 2.05) is 0 Å². The van der Waals surface area contributed by atoms with Crippen LogP contribution in [0, 0.1) is 5.82 Å². The lowest BCUT2D eigenvalue weighted by Crippen LogP contribution is -2.16. The number of aliphatic hydroxyl groups is 1. The number of hydrogen-bond acceptors (Lipinski definition) is 5. The fourth-order valence-electron chi connectivity index (χ4n) is 2.64. The molecule has 0 spiro atoms. The van der Waals surface area contributed by atoms with Gasteiger partial charge in [0.1, 0.15) is 18.5 Å². The lowest BCUT2D eigenvalue weighted by molar-refractivity contribution is -0.141. The number of thiophene rings is 1. The minimum atomic E-state index is -4.87. The highest BCUT2D eigenvalue weighted by molar-refractivity contribution is 7.08. The molecule has 9 heteroatoms. The Kier molecular flexibility index (Phi) is 6.63. The zero-order chi connectivity index (χ0) is 21.7. The molecule has 0 aliphatic heterocycles. The molecule has 156 valence electrons. The highest BCUT2D eigenvalue weighted by Gasteiger charge is 2.35. The molecular formula is C21H15F4NO3S. The third-order valence-corrected chi connectivity index (χ3v) is 4.84. The number of pyridine rings is 1. The second kappa shape index (κ2) is 9.19. The molecule has 0 aliphatic rings. The van der Waals surface area contributed by atoms with Crippen LogP contribution in [0.15, 0.2) is 65.1 Å². The van der Waals surface area contributed by atoms with Gasteiger partial charge in [-0.15, -0.1) is 0 Å². The van der Waals surface area contributed by atoms with E-state index in [9.17, 15) is 27.5 Å². The summed E-state index contributed by atoms with van der Waals surface area (Å²) in [6.45, 7) is -0.727. The summed E-state index contributed by atoms with van der Waals surface area (Å²) < 4.78 is 57.8. The molecule has 1 aromatic carbocycles. The van der Waals surface area contributed by atoms with E-state index in [4.69, 9.17) is 4.74 Å². The quantitative estimate of drug-likeness (QED) is 0.329. The molecule has 0 saturated heterocycles. The number of hydrogen-bond donors (Lipinski definition) is 1. The molecule has 0 aliphatic carbocycles. The van der Waals surface area contributed by atoms with Crippen LogP contribution in [0.3, 0.4) is 0 Å². The molecule has 3 rings (SSSR count). The van der Waals surface area contributed by atoms with Gasteiger partial charge in [-0.3, -0.25) is 4.98 Å². The maximum atomic E-state index is 14.2. The largest absolute Gasteiger partial charge is 0.457 e. The summed E-state index contributed by atoms with van der Waals surface area (Å²) in [5.41, 5.74) is -1.08. The van der Waals surface area contributed by atoms with E-state index in [-0.39, 0.29) is 5.57 Å². The Morgan fingerprint density at radius 1 is 1.23 bits per heavy atom. The van der Waals surface area contributed by atoms with Crippen molar-refractivity contribution in [2.75, 3.05) is 0 Å². The van der Waals surface area contributed by atoms with Crippen LogP contribution in [-0.4, -0.2) is 16.1 Å². The van der Waals surface area contributed by atoms with Crippen molar-refractivity contribution in [2.45, 2.75) is 18.9 Å². The normalized spacial score (nSPS) is 13.2. The van der Waals surface area contributed by atoms with Crippen molar-refractivity contribution in [1.82, 2.24) is 4.98 Å². The molecule has 0 bridgehead atoms. The number of nitrogens with zero attached hydrogens (tertiary/aromatic N) is 1. The summed E-state index contributed by atoms with van der Waals surface area (Å²) in [4.78, 5) is 16.5. The maximum absolute atomic E-state index is 14.2. The van der Waals surface area contributed by atoms with Gasteiger partial charge in [0.15, 0.2) is 0 Å². The Labute approximate surface area is 173 Å². The SMILES string of the molecule is O=C(OCc1cccc(C(F)(F)F)c1F)C(=Cc1ccsc1)C(O)c1cccnc1. The molecule has 0 radical (unpaired) electrons. The predicted molar refractivity (Wildman–Crippen MR) is 103 cm³/mol. The Balaban J connectivity index is 1.85. The number of carbonyl (C=O) groups excluding carboxylic acids is 1. The van der Waals surface area contributed by atoms with Crippen LogP contribution in [0.4, 0.5) is 17.6 Å². The van der Waals surface area contributed by atoms with Crippen LogP contribution in [0.1, 0.15) is 28.4 Å². The minimum Gasteiger partial charge on any atom is -0.457 e. The third-order valence-electron chi connectivity index (χ3n) is 4.14. The average molecular weight is 437 g/mol. The monoisotopic (exact) mass is 437 g/mol. The van der Waals surface area contributed by atoms with Crippen LogP contribution in [0.5, 0.6) is 0 Å². The molecule has 1 N–H and O–H groups in total. The fourth-order valence-corrected chi connectivity index (χ4v) is 3.26. The summed E-state index contributed by atoms with van der Waals surface area (Å²) in [5, 5.41) is 14.1. The highest BCUT2D eigenvalue weighted by Crippen LogP contribution is 2.33. The first-order valence-electron chi connectivity index (χ1n) is 8.61.